The SMILES string of the molecule is O=[N+]([O-])n1nc(C(F)F)cc1C(F)F. The lowest BCUT2D eigenvalue weighted by atomic mass is 10.4. The Morgan fingerprint density at radius 1 is 1.36 bits per heavy atom. The standard InChI is InChI=1S/C5H3F4N3O2/c6-4(7)2-1-3(5(8)9)11(10-2)12(13)14/h1,4-5H. The summed E-state index contributed by atoms with van der Waals surface area (Å²) in [6.45, 7) is 0. The normalized spacial score (nSPS) is 11.3. The second-order valence-electron chi connectivity index (χ2n) is 2.22. The minimum Gasteiger partial charge on any atom is -0.339 e. The van der Waals surface area contributed by atoms with Gasteiger partial charge in [0, 0.05) is 10.9 Å². The van der Waals surface area contributed by atoms with Crippen LogP contribution >= 0.6 is 0 Å². The Hall–Kier alpha value is -1.67. The Labute approximate surface area is 74.1 Å². The molecule has 1 heterocycles. The largest absolute Gasteiger partial charge is 0.339 e. The molecule has 0 amide bonds. The molecule has 0 saturated heterocycles. The number of aromatic nitrogens is 2. The van der Waals surface area contributed by atoms with E-state index in [1.807, 2.05) is 0 Å². The Bertz CT molecular complexity index is 351. The molecule has 0 aliphatic carbocycles. The Balaban J connectivity index is 3.19. The third-order valence-corrected chi connectivity index (χ3v) is 1.34. The minimum atomic E-state index is -3.22. The van der Waals surface area contributed by atoms with Crippen molar-refractivity contribution >= 4 is 0 Å². The highest BCUT2D eigenvalue weighted by Crippen LogP contribution is 2.24. The molecule has 0 aliphatic heterocycles. The van der Waals surface area contributed by atoms with Crippen molar-refractivity contribution in [1.82, 2.24) is 9.89 Å². The van der Waals surface area contributed by atoms with Crippen LogP contribution in [0.2, 0.25) is 0 Å². The van der Waals surface area contributed by atoms with Crippen LogP contribution in [0, 0.1) is 10.1 Å². The van der Waals surface area contributed by atoms with E-state index in [1.165, 1.54) is 0 Å². The minimum absolute atomic E-state index is 0.304. The number of halogens is 4. The van der Waals surface area contributed by atoms with E-state index >= 15 is 0 Å². The number of hydrogen-bond acceptors (Lipinski definition) is 3. The quantitative estimate of drug-likeness (QED) is 0.437. The molecule has 5 nitrogen and oxygen atoms in total. The molecular weight excluding hydrogens is 210 g/mol. The van der Waals surface area contributed by atoms with Crippen LogP contribution in [0.15, 0.2) is 6.07 Å². The van der Waals surface area contributed by atoms with Crippen molar-refractivity contribution in [2.75, 3.05) is 0 Å². The molecule has 0 spiro atoms. The fourth-order valence-electron chi connectivity index (χ4n) is 0.793. The van der Waals surface area contributed by atoms with Crippen LogP contribution < -0.4 is 0 Å². The molecule has 0 aromatic carbocycles. The zero-order chi connectivity index (χ0) is 10.9. The summed E-state index contributed by atoms with van der Waals surface area (Å²) < 4.78 is 48.0. The Kier molecular flexibility index (Phi) is 2.68. The topological polar surface area (TPSA) is 61.0 Å². The Morgan fingerprint density at radius 3 is 2.21 bits per heavy atom. The van der Waals surface area contributed by atoms with Crippen LogP contribution in [0.25, 0.3) is 0 Å². The van der Waals surface area contributed by atoms with Crippen molar-refractivity contribution in [2.45, 2.75) is 12.9 Å². The van der Waals surface area contributed by atoms with Gasteiger partial charge in [0.1, 0.15) is 0 Å². The zero-order valence-corrected chi connectivity index (χ0v) is 6.40. The second kappa shape index (κ2) is 3.60. The predicted octanol–water partition coefficient (Wildman–Crippen LogP) is 1.80. The third kappa shape index (κ3) is 1.80. The van der Waals surface area contributed by atoms with E-state index in [1.54, 1.807) is 0 Å². The monoisotopic (exact) mass is 213 g/mol. The smallest absolute Gasteiger partial charge is 0.305 e. The molecule has 0 radical (unpaired) electrons. The molecule has 14 heavy (non-hydrogen) atoms. The predicted molar refractivity (Wildman–Crippen MR) is 34.5 cm³/mol. The van der Waals surface area contributed by atoms with Crippen LogP contribution in [0.1, 0.15) is 24.2 Å². The van der Waals surface area contributed by atoms with Gasteiger partial charge in [-0.05, 0) is 0 Å². The van der Waals surface area contributed by atoms with E-state index < -0.39 is 29.3 Å². The van der Waals surface area contributed by atoms with Gasteiger partial charge in [-0.1, -0.05) is 0 Å². The van der Waals surface area contributed by atoms with Crippen LogP contribution in [0.5, 0.6) is 0 Å². The second-order valence-corrected chi connectivity index (χ2v) is 2.22. The number of rotatable bonds is 3. The fourth-order valence-corrected chi connectivity index (χ4v) is 0.793. The van der Waals surface area contributed by atoms with E-state index in [-0.39, 0.29) is 4.79 Å². The molecule has 1 rings (SSSR count). The van der Waals surface area contributed by atoms with Crippen LogP contribution in [0.4, 0.5) is 17.6 Å². The maximum Gasteiger partial charge on any atom is 0.305 e. The summed E-state index contributed by atoms with van der Waals surface area (Å²) >= 11 is 0. The summed E-state index contributed by atoms with van der Waals surface area (Å²) in [6.07, 6.45) is -6.34. The van der Waals surface area contributed by atoms with Gasteiger partial charge in [-0.2, -0.15) is 0 Å². The van der Waals surface area contributed by atoms with Crippen LogP contribution in [-0.4, -0.2) is 14.9 Å². The number of alkyl halides is 4. The molecule has 78 valence electrons. The molecule has 0 saturated carbocycles. The maximum atomic E-state index is 12.1. The van der Waals surface area contributed by atoms with E-state index in [2.05, 4.69) is 5.10 Å². The molecule has 9 heteroatoms. The first kappa shape index (κ1) is 10.4. The van der Waals surface area contributed by atoms with Gasteiger partial charge in [0.05, 0.1) is 10.1 Å². The molecule has 0 fully saturated rings. The summed E-state index contributed by atoms with van der Waals surface area (Å²) in [5.41, 5.74) is -2.21. The van der Waals surface area contributed by atoms with Gasteiger partial charge in [0.25, 0.3) is 6.43 Å². The molecule has 1 aromatic rings. The zero-order valence-electron chi connectivity index (χ0n) is 6.40. The highest BCUT2D eigenvalue weighted by Gasteiger charge is 2.28. The van der Waals surface area contributed by atoms with Crippen LogP contribution in [0.3, 0.4) is 0 Å². The van der Waals surface area contributed by atoms with Crippen molar-refractivity contribution in [3.8, 4) is 0 Å². The number of hydrogen-bond donors (Lipinski definition) is 0. The number of nitro groups is 1. The van der Waals surface area contributed by atoms with E-state index in [9.17, 15) is 27.7 Å². The van der Waals surface area contributed by atoms with Crippen molar-refractivity contribution < 1.29 is 22.6 Å². The first-order valence-corrected chi connectivity index (χ1v) is 3.24. The van der Waals surface area contributed by atoms with Gasteiger partial charge in [-0.15, -0.1) is 0 Å². The van der Waals surface area contributed by atoms with Crippen LogP contribution in [-0.2, 0) is 0 Å². The van der Waals surface area contributed by atoms with Gasteiger partial charge in [0.2, 0.25) is 5.69 Å². The average molecular weight is 213 g/mol. The summed E-state index contributed by atoms with van der Waals surface area (Å²) in [6, 6.07) is 0.304. The molecule has 0 aliphatic rings. The first-order valence-electron chi connectivity index (χ1n) is 3.24. The average Bonchev–Trinajstić information content (AvgIpc) is 2.47. The van der Waals surface area contributed by atoms with Crippen molar-refractivity contribution in [3.05, 3.63) is 27.6 Å². The molecule has 0 bridgehead atoms. The van der Waals surface area contributed by atoms with Gasteiger partial charge in [-0.3, -0.25) is 0 Å². The summed E-state index contributed by atoms with van der Waals surface area (Å²) in [4.78, 5) is 9.73. The van der Waals surface area contributed by atoms with Crippen molar-refractivity contribution in [2.24, 2.45) is 0 Å². The fraction of sp³-hybridized carbons (Fsp3) is 0.400. The summed E-state index contributed by atoms with van der Waals surface area (Å²) in [5, 5.41) is 11.5. The highest BCUT2D eigenvalue weighted by molar-refractivity contribution is 5.11. The summed E-state index contributed by atoms with van der Waals surface area (Å²) in [5.74, 6) is 0. The highest BCUT2D eigenvalue weighted by atomic mass is 19.3. The van der Waals surface area contributed by atoms with Gasteiger partial charge >= 0.3 is 6.43 Å². The van der Waals surface area contributed by atoms with E-state index in [0.29, 0.717) is 6.07 Å². The maximum absolute atomic E-state index is 12.1. The lowest BCUT2D eigenvalue weighted by Gasteiger charge is -1.96. The number of nitrogens with zero attached hydrogens (tertiary/aromatic N) is 3. The molecule has 0 N–H and O–H groups in total. The lowest BCUT2D eigenvalue weighted by Crippen LogP contribution is -2.14. The van der Waals surface area contributed by atoms with Gasteiger partial charge in [0.15, 0.2) is 5.69 Å². The van der Waals surface area contributed by atoms with Gasteiger partial charge < -0.3 is 10.1 Å². The first-order chi connectivity index (χ1) is 6.43. The van der Waals surface area contributed by atoms with Gasteiger partial charge in [-0.25, -0.2) is 17.6 Å². The van der Waals surface area contributed by atoms with E-state index in [0.717, 1.165) is 0 Å². The lowest BCUT2D eigenvalue weighted by molar-refractivity contribution is -0.555. The Morgan fingerprint density at radius 2 is 1.93 bits per heavy atom. The molecule has 1 aromatic heterocycles. The summed E-state index contributed by atoms with van der Waals surface area (Å²) in [7, 11) is 0. The van der Waals surface area contributed by atoms with Crippen molar-refractivity contribution in [3.63, 3.8) is 0 Å². The molecular formula is C5H3F4N3O2. The van der Waals surface area contributed by atoms with E-state index in [4.69, 9.17) is 0 Å². The molecule has 0 unspecified atom stereocenters. The van der Waals surface area contributed by atoms with Crippen molar-refractivity contribution in [1.29, 1.82) is 0 Å². The molecule has 0 atom stereocenters. The third-order valence-electron chi connectivity index (χ3n) is 1.34.